The molecule has 0 amide bonds. The molecule has 0 aromatic heterocycles. The van der Waals surface area contributed by atoms with Crippen LogP contribution in [0.15, 0.2) is 24.3 Å². The molecule has 4 aliphatic carbocycles. The van der Waals surface area contributed by atoms with Crippen molar-refractivity contribution < 1.29 is 34.4 Å². The molecule has 2 aliphatic heterocycles. The summed E-state index contributed by atoms with van der Waals surface area (Å²) in [4.78, 5) is 25.8. The Balaban J connectivity index is 1.34. The van der Waals surface area contributed by atoms with Gasteiger partial charge in [-0.15, -0.1) is 0 Å². The molecule has 7 nitrogen and oxygen atoms in total. The van der Waals surface area contributed by atoms with Crippen molar-refractivity contribution in [2.45, 2.75) is 88.8 Å². The molecule has 192 valence electrons. The quantitative estimate of drug-likeness (QED) is 0.385. The normalized spacial score (nSPS) is 57.3. The predicted octanol–water partition coefficient (Wildman–Crippen LogP) is 2.32. The van der Waals surface area contributed by atoms with Gasteiger partial charge in [0.05, 0.1) is 29.8 Å². The maximum absolute atomic E-state index is 13.2. The van der Waals surface area contributed by atoms with E-state index in [0.29, 0.717) is 31.4 Å². The van der Waals surface area contributed by atoms with Gasteiger partial charge in [-0.25, -0.2) is 4.79 Å². The number of fused-ring (bicyclic) bond motifs is 7. The van der Waals surface area contributed by atoms with Crippen LogP contribution < -0.4 is 0 Å². The second kappa shape index (κ2) is 7.27. The first kappa shape index (κ1) is 23.8. The number of rotatable bonds is 1. The van der Waals surface area contributed by atoms with E-state index in [0.717, 1.165) is 12.8 Å². The second-order valence-corrected chi connectivity index (χ2v) is 12.9. The van der Waals surface area contributed by atoms with Gasteiger partial charge in [-0.1, -0.05) is 19.6 Å². The van der Waals surface area contributed by atoms with E-state index in [1.807, 2.05) is 6.92 Å². The third-order valence-electron chi connectivity index (χ3n) is 11.8. The van der Waals surface area contributed by atoms with Crippen LogP contribution in [0.2, 0.25) is 0 Å². The molecule has 0 aromatic rings. The molecule has 0 unspecified atom stereocenters. The Labute approximate surface area is 206 Å². The van der Waals surface area contributed by atoms with E-state index in [4.69, 9.17) is 9.47 Å². The fraction of sp³-hybridized carbons (Fsp3) is 0.786. The smallest absolute Gasteiger partial charge is 0.336 e. The summed E-state index contributed by atoms with van der Waals surface area (Å²) < 4.78 is 12.1. The lowest BCUT2D eigenvalue weighted by molar-refractivity contribution is -0.249. The van der Waals surface area contributed by atoms with E-state index in [1.165, 1.54) is 0 Å². The van der Waals surface area contributed by atoms with Crippen molar-refractivity contribution in [3.05, 3.63) is 24.3 Å². The van der Waals surface area contributed by atoms with Gasteiger partial charge in [0.2, 0.25) is 0 Å². The third kappa shape index (κ3) is 2.76. The van der Waals surface area contributed by atoms with Crippen LogP contribution in [-0.2, 0) is 19.1 Å². The minimum atomic E-state index is -1.51. The molecule has 6 aliphatic rings. The summed E-state index contributed by atoms with van der Waals surface area (Å²) in [7, 11) is 0. The molecule has 0 radical (unpaired) electrons. The van der Waals surface area contributed by atoms with Gasteiger partial charge in [-0.05, 0) is 81.1 Å². The molecule has 3 N–H and O–H groups in total. The summed E-state index contributed by atoms with van der Waals surface area (Å²) in [5.74, 6) is -0.580. The first-order chi connectivity index (χ1) is 16.4. The van der Waals surface area contributed by atoms with Crippen molar-refractivity contribution in [2.75, 3.05) is 6.61 Å². The van der Waals surface area contributed by atoms with Gasteiger partial charge < -0.3 is 24.8 Å². The highest BCUT2D eigenvalue weighted by atomic mass is 16.6. The van der Waals surface area contributed by atoms with Crippen molar-refractivity contribution in [3.8, 4) is 0 Å². The van der Waals surface area contributed by atoms with Crippen LogP contribution in [0.25, 0.3) is 0 Å². The number of carbonyl (C=O) groups is 2. The number of aliphatic hydroxyl groups excluding tert-OH is 2. The Hall–Kier alpha value is -1.54. The van der Waals surface area contributed by atoms with Crippen LogP contribution in [0.4, 0.5) is 0 Å². The lowest BCUT2D eigenvalue weighted by Gasteiger charge is -2.64. The number of hydrogen-bond acceptors (Lipinski definition) is 7. The molecule has 3 saturated carbocycles. The zero-order chi connectivity index (χ0) is 25.1. The lowest BCUT2D eigenvalue weighted by atomic mass is 9.42. The summed E-state index contributed by atoms with van der Waals surface area (Å²) >= 11 is 0. The molecular weight excluding hydrogens is 448 g/mol. The Morgan fingerprint density at radius 1 is 1.00 bits per heavy atom. The highest BCUT2D eigenvalue weighted by molar-refractivity contribution is 5.97. The molecule has 5 fully saturated rings. The minimum absolute atomic E-state index is 0.0209. The molecule has 2 heterocycles. The van der Waals surface area contributed by atoms with Crippen LogP contribution in [0, 0.1) is 40.4 Å². The first-order valence-electron chi connectivity index (χ1n) is 13.2. The maximum atomic E-state index is 13.2. The summed E-state index contributed by atoms with van der Waals surface area (Å²) in [5.41, 5.74) is -3.42. The van der Waals surface area contributed by atoms with Gasteiger partial charge in [-0.2, -0.15) is 0 Å². The Bertz CT molecular complexity index is 1020. The molecule has 0 spiro atoms. The number of carbonyl (C=O) groups excluding carboxylic acids is 2. The number of esters is 1. The largest absolute Gasteiger partial charge is 0.458 e. The standard InChI is InChI=1S/C28H38O7/c1-14-24(32)35-20-12-25(14,2)34-13-16(20)18-8-7-17-15-10-23(31)28(33)9-5-6-21(29)27(28,4)19(15)11-22(30)26(17,18)3/h5-6,15-20,22-23,30-31,33H,1,7-13H2,2-4H3/t15-,16+,17-,18-,19-,20-,22-,23-,25-,26+,27-,28+/m1/s1. The maximum Gasteiger partial charge on any atom is 0.336 e. The van der Waals surface area contributed by atoms with Gasteiger partial charge in [0.25, 0.3) is 0 Å². The lowest BCUT2D eigenvalue weighted by Crippen LogP contribution is -2.71. The SMILES string of the molecule is C=C1C(=O)O[C@@H]2C[C@@]1(C)OC[C@H]2[C@H]1CC[C@@H]2[C@H]3C[C@@H](O)[C@@]4(O)CC=CC(=O)[C@@]4(C)[C@@H]3C[C@@H](O)[C@@]21C. The molecule has 7 heteroatoms. The van der Waals surface area contributed by atoms with E-state index in [9.17, 15) is 24.9 Å². The number of ether oxygens (including phenoxy) is 2. The Morgan fingerprint density at radius 3 is 2.40 bits per heavy atom. The molecule has 35 heavy (non-hydrogen) atoms. The molecule has 12 atom stereocenters. The monoisotopic (exact) mass is 486 g/mol. The fourth-order valence-electron chi connectivity index (χ4n) is 9.55. The van der Waals surface area contributed by atoms with Gasteiger partial charge in [-0.3, -0.25) is 4.79 Å². The summed E-state index contributed by atoms with van der Waals surface area (Å²) in [6.45, 7) is 10.2. The van der Waals surface area contributed by atoms with E-state index in [-0.39, 0.29) is 47.9 Å². The van der Waals surface area contributed by atoms with Gasteiger partial charge in [0.1, 0.15) is 17.3 Å². The van der Waals surface area contributed by atoms with Crippen molar-refractivity contribution in [2.24, 2.45) is 40.4 Å². The Morgan fingerprint density at radius 2 is 1.69 bits per heavy atom. The summed E-state index contributed by atoms with van der Waals surface area (Å²) in [6.07, 6.45) is 4.66. The molecule has 2 saturated heterocycles. The molecular formula is C28H38O7. The molecule has 6 rings (SSSR count). The predicted molar refractivity (Wildman–Crippen MR) is 126 cm³/mol. The molecule has 2 bridgehead atoms. The highest BCUT2D eigenvalue weighted by Crippen LogP contribution is 2.68. The zero-order valence-electron chi connectivity index (χ0n) is 20.9. The highest BCUT2D eigenvalue weighted by Gasteiger charge is 2.71. The number of allylic oxidation sites excluding steroid dienone is 1. The second-order valence-electron chi connectivity index (χ2n) is 12.9. The average Bonchev–Trinajstić information content (AvgIpc) is 3.15. The van der Waals surface area contributed by atoms with Crippen LogP contribution in [0.3, 0.4) is 0 Å². The number of aliphatic hydroxyl groups is 3. The van der Waals surface area contributed by atoms with E-state index in [2.05, 4.69) is 13.5 Å². The van der Waals surface area contributed by atoms with E-state index >= 15 is 0 Å². The fourth-order valence-corrected chi connectivity index (χ4v) is 9.55. The van der Waals surface area contributed by atoms with Crippen LogP contribution in [0.5, 0.6) is 0 Å². The van der Waals surface area contributed by atoms with Crippen LogP contribution in [-0.4, -0.2) is 63.2 Å². The van der Waals surface area contributed by atoms with Crippen LogP contribution >= 0.6 is 0 Å². The van der Waals surface area contributed by atoms with Crippen molar-refractivity contribution in [1.82, 2.24) is 0 Å². The van der Waals surface area contributed by atoms with E-state index < -0.39 is 40.2 Å². The minimum Gasteiger partial charge on any atom is -0.458 e. The summed E-state index contributed by atoms with van der Waals surface area (Å²) in [6, 6.07) is 0. The van der Waals surface area contributed by atoms with E-state index in [1.54, 1.807) is 19.1 Å². The number of hydrogen-bond donors (Lipinski definition) is 3. The van der Waals surface area contributed by atoms with Gasteiger partial charge in [0, 0.05) is 12.3 Å². The molecule has 0 aromatic carbocycles. The van der Waals surface area contributed by atoms with Gasteiger partial charge >= 0.3 is 5.97 Å². The zero-order valence-corrected chi connectivity index (χ0v) is 20.9. The van der Waals surface area contributed by atoms with Crippen molar-refractivity contribution >= 4 is 11.8 Å². The van der Waals surface area contributed by atoms with Gasteiger partial charge in [0.15, 0.2) is 5.78 Å². The number of ketones is 1. The first-order valence-corrected chi connectivity index (χ1v) is 13.2. The van der Waals surface area contributed by atoms with Crippen molar-refractivity contribution in [1.29, 1.82) is 0 Å². The van der Waals surface area contributed by atoms with Crippen molar-refractivity contribution in [3.63, 3.8) is 0 Å². The van der Waals surface area contributed by atoms with Crippen LogP contribution in [0.1, 0.15) is 59.3 Å². The summed E-state index contributed by atoms with van der Waals surface area (Å²) in [5, 5.41) is 34.5. The average molecular weight is 487 g/mol. The topological polar surface area (TPSA) is 113 Å². The third-order valence-corrected chi connectivity index (χ3v) is 11.8. The Kier molecular flexibility index (Phi) is 4.95.